The lowest BCUT2D eigenvalue weighted by atomic mass is 10.2. The second-order valence-electron chi connectivity index (χ2n) is 5.11. The number of rotatable bonds is 7. The van der Waals surface area contributed by atoms with Gasteiger partial charge in [0, 0.05) is 17.4 Å². The van der Waals surface area contributed by atoms with Gasteiger partial charge in [-0.25, -0.2) is 0 Å². The highest BCUT2D eigenvalue weighted by Gasteiger charge is 2.30. The fourth-order valence-electron chi connectivity index (χ4n) is 2.01. The fraction of sp³-hybridized carbons (Fsp3) is 0.167. The summed E-state index contributed by atoms with van der Waals surface area (Å²) in [6, 6.07) is 11.5. The fourth-order valence-corrected chi connectivity index (χ4v) is 2.01. The normalized spacial score (nSPS) is 10.8. The summed E-state index contributed by atoms with van der Waals surface area (Å²) in [5.41, 5.74) is -0.0734. The Morgan fingerprint density at radius 2 is 1.84 bits per heavy atom. The van der Waals surface area contributed by atoms with Crippen molar-refractivity contribution in [2.24, 2.45) is 0 Å². The van der Waals surface area contributed by atoms with Crippen LogP contribution in [0.2, 0.25) is 0 Å². The summed E-state index contributed by atoms with van der Waals surface area (Å²) in [4.78, 5) is 11.9. The molecule has 1 amide bonds. The van der Waals surface area contributed by atoms with Crippen molar-refractivity contribution in [3.63, 3.8) is 0 Å². The molecule has 0 saturated heterocycles. The number of hydrogen-bond acceptors (Lipinski definition) is 3. The van der Waals surface area contributed by atoms with Crippen molar-refractivity contribution < 1.29 is 22.7 Å². The molecule has 0 aliphatic rings. The van der Waals surface area contributed by atoms with Gasteiger partial charge in [0.25, 0.3) is 0 Å². The standard InChI is InChI=1S/C18H17F3N2O2/c1-2-9-25-16-8-4-6-14(11-16)22-12-17(24)23-15-7-3-5-13(10-15)18(19,20)21/h2-8,10-11,22H,1,9,12H2,(H,23,24). The van der Waals surface area contributed by atoms with Gasteiger partial charge in [0.2, 0.25) is 5.91 Å². The van der Waals surface area contributed by atoms with Crippen LogP contribution in [0.25, 0.3) is 0 Å². The number of nitrogens with one attached hydrogen (secondary N) is 2. The minimum absolute atomic E-state index is 0.0877. The van der Waals surface area contributed by atoms with Crippen LogP contribution in [0, 0.1) is 0 Å². The predicted octanol–water partition coefficient (Wildman–Crippen LogP) is 4.32. The molecule has 2 rings (SSSR count). The van der Waals surface area contributed by atoms with E-state index in [9.17, 15) is 18.0 Å². The first-order valence-electron chi connectivity index (χ1n) is 7.43. The van der Waals surface area contributed by atoms with Crippen LogP contribution in [0.1, 0.15) is 5.56 Å². The molecule has 0 heterocycles. The van der Waals surface area contributed by atoms with E-state index < -0.39 is 17.6 Å². The van der Waals surface area contributed by atoms with E-state index in [-0.39, 0.29) is 12.2 Å². The highest BCUT2D eigenvalue weighted by molar-refractivity contribution is 5.93. The van der Waals surface area contributed by atoms with Crippen molar-refractivity contribution in [2.75, 3.05) is 23.8 Å². The van der Waals surface area contributed by atoms with Crippen LogP contribution in [-0.4, -0.2) is 19.1 Å². The van der Waals surface area contributed by atoms with Crippen LogP contribution in [0.15, 0.2) is 61.2 Å². The lowest BCUT2D eigenvalue weighted by Crippen LogP contribution is -2.22. The first-order valence-corrected chi connectivity index (χ1v) is 7.43. The zero-order valence-corrected chi connectivity index (χ0v) is 13.3. The summed E-state index contributed by atoms with van der Waals surface area (Å²) in [5.74, 6) is 0.153. The number of carbonyl (C=O) groups is 1. The molecule has 7 heteroatoms. The smallest absolute Gasteiger partial charge is 0.416 e. The average molecular weight is 350 g/mol. The monoisotopic (exact) mass is 350 g/mol. The number of benzene rings is 2. The molecule has 0 radical (unpaired) electrons. The van der Waals surface area contributed by atoms with Crippen molar-refractivity contribution >= 4 is 17.3 Å². The average Bonchev–Trinajstić information content (AvgIpc) is 2.58. The molecular formula is C18H17F3N2O2. The molecule has 0 bridgehead atoms. The number of alkyl halides is 3. The lowest BCUT2D eigenvalue weighted by molar-refractivity contribution is -0.137. The Morgan fingerprint density at radius 3 is 2.56 bits per heavy atom. The molecule has 2 aromatic carbocycles. The minimum atomic E-state index is -4.45. The summed E-state index contributed by atoms with van der Waals surface area (Å²) in [6.07, 6.45) is -2.84. The van der Waals surface area contributed by atoms with E-state index in [1.807, 2.05) is 0 Å². The van der Waals surface area contributed by atoms with Crippen molar-refractivity contribution in [2.45, 2.75) is 6.18 Å². The topological polar surface area (TPSA) is 50.4 Å². The van der Waals surface area contributed by atoms with Crippen LogP contribution < -0.4 is 15.4 Å². The molecule has 0 aromatic heterocycles. The highest BCUT2D eigenvalue weighted by atomic mass is 19.4. The second kappa shape index (κ2) is 8.23. The van der Waals surface area contributed by atoms with Crippen LogP contribution in [0.4, 0.5) is 24.5 Å². The summed E-state index contributed by atoms with van der Waals surface area (Å²) in [7, 11) is 0. The van der Waals surface area contributed by atoms with Gasteiger partial charge in [-0.3, -0.25) is 4.79 Å². The van der Waals surface area contributed by atoms with Crippen LogP contribution in [0.5, 0.6) is 5.75 Å². The molecule has 0 fully saturated rings. The Hall–Kier alpha value is -2.96. The van der Waals surface area contributed by atoms with E-state index >= 15 is 0 Å². The third-order valence-corrected chi connectivity index (χ3v) is 3.13. The van der Waals surface area contributed by atoms with E-state index in [0.717, 1.165) is 12.1 Å². The molecule has 4 nitrogen and oxygen atoms in total. The van der Waals surface area contributed by atoms with E-state index in [1.54, 1.807) is 30.3 Å². The maximum atomic E-state index is 12.7. The molecule has 0 unspecified atom stereocenters. The van der Waals surface area contributed by atoms with E-state index in [4.69, 9.17) is 4.74 Å². The van der Waals surface area contributed by atoms with Crippen molar-refractivity contribution in [3.05, 3.63) is 66.7 Å². The Kier molecular flexibility index (Phi) is 6.05. The summed E-state index contributed by atoms with van der Waals surface area (Å²) < 4.78 is 43.4. The molecule has 25 heavy (non-hydrogen) atoms. The molecule has 0 aliphatic heterocycles. The third kappa shape index (κ3) is 5.87. The van der Waals surface area contributed by atoms with Gasteiger partial charge < -0.3 is 15.4 Å². The zero-order valence-electron chi connectivity index (χ0n) is 13.3. The van der Waals surface area contributed by atoms with Crippen molar-refractivity contribution in [3.8, 4) is 5.75 Å². The SMILES string of the molecule is C=CCOc1cccc(NCC(=O)Nc2cccc(C(F)(F)F)c2)c1. The quantitative estimate of drug-likeness (QED) is 0.731. The van der Waals surface area contributed by atoms with Gasteiger partial charge in [0.1, 0.15) is 12.4 Å². The molecule has 2 aromatic rings. The Labute approximate surface area is 143 Å². The van der Waals surface area contributed by atoms with Crippen LogP contribution in [-0.2, 0) is 11.0 Å². The van der Waals surface area contributed by atoms with Crippen molar-refractivity contribution in [1.29, 1.82) is 0 Å². The largest absolute Gasteiger partial charge is 0.489 e. The maximum absolute atomic E-state index is 12.7. The van der Waals surface area contributed by atoms with Gasteiger partial charge in [0.15, 0.2) is 0 Å². The number of hydrogen-bond donors (Lipinski definition) is 2. The summed E-state index contributed by atoms with van der Waals surface area (Å²) in [5, 5.41) is 5.31. The van der Waals surface area contributed by atoms with Crippen LogP contribution >= 0.6 is 0 Å². The van der Waals surface area contributed by atoms with Gasteiger partial charge in [-0.1, -0.05) is 24.8 Å². The number of halogens is 3. The Bertz CT molecular complexity index is 745. The summed E-state index contributed by atoms with van der Waals surface area (Å²) >= 11 is 0. The second-order valence-corrected chi connectivity index (χ2v) is 5.11. The number of carbonyl (C=O) groups excluding carboxylic acids is 1. The van der Waals surface area contributed by atoms with E-state index in [1.165, 1.54) is 12.1 Å². The lowest BCUT2D eigenvalue weighted by Gasteiger charge is -2.11. The first kappa shape index (κ1) is 18.4. The number of amides is 1. The van der Waals surface area contributed by atoms with E-state index in [2.05, 4.69) is 17.2 Å². The van der Waals surface area contributed by atoms with Gasteiger partial charge in [0.05, 0.1) is 12.1 Å². The Balaban J connectivity index is 1.92. The molecular weight excluding hydrogens is 333 g/mol. The molecule has 0 atom stereocenters. The van der Waals surface area contributed by atoms with Crippen molar-refractivity contribution in [1.82, 2.24) is 0 Å². The molecule has 0 spiro atoms. The van der Waals surface area contributed by atoms with Gasteiger partial charge in [-0.2, -0.15) is 13.2 Å². The van der Waals surface area contributed by atoms with Gasteiger partial charge in [-0.15, -0.1) is 0 Å². The third-order valence-electron chi connectivity index (χ3n) is 3.13. The predicted molar refractivity (Wildman–Crippen MR) is 90.7 cm³/mol. The molecule has 0 saturated carbocycles. The summed E-state index contributed by atoms with van der Waals surface area (Å²) in [6.45, 7) is 3.82. The maximum Gasteiger partial charge on any atom is 0.416 e. The van der Waals surface area contributed by atoms with Gasteiger partial charge >= 0.3 is 6.18 Å². The highest BCUT2D eigenvalue weighted by Crippen LogP contribution is 2.30. The number of ether oxygens (including phenoxy) is 1. The molecule has 0 aliphatic carbocycles. The Morgan fingerprint density at radius 1 is 1.12 bits per heavy atom. The number of anilines is 2. The minimum Gasteiger partial charge on any atom is -0.489 e. The van der Waals surface area contributed by atoms with E-state index in [0.29, 0.717) is 18.0 Å². The first-order chi connectivity index (χ1) is 11.9. The molecule has 2 N–H and O–H groups in total. The van der Waals surface area contributed by atoms with Crippen LogP contribution in [0.3, 0.4) is 0 Å². The van der Waals surface area contributed by atoms with Gasteiger partial charge in [-0.05, 0) is 30.3 Å². The zero-order chi connectivity index (χ0) is 18.3. The molecule has 132 valence electrons.